The van der Waals surface area contributed by atoms with E-state index < -0.39 is 11.3 Å². The van der Waals surface area contributed by atoms with Crippen LogP contribution in [0, 0.1) is 5.92 Å². The summed E-state index contributed by atoms with van der Waals surface area (Å²) in [5.74, 6) is 2.27. The number of nitrogens with zero attached hydrogens (tertiary/aromatic N) is 3. The third-order valence-corrected chi connectivity index (χ3v) is 7.70. The van der Waals surface area contributed by atoms with Gasteiger partial charge >= 0.3 is 6.09 Å². The number of hydrogen-bond acceptors (Lipinski definition) is 6. The minimum atomic E-state index is -1.39. The van der Waals surface area contributed by atoms with E-state index in [1.165, 1.54) is 36.9 Å². The molecule has 0 spiro atoms. The van der Waals surface area contributed by atoms with Crippen molar-refractivity contribution in [1.82, 2.24) is 14.9 Å². The van der Waals surface area contributed by atoms with E-state index in [9.17, 15) is 4.79 Å². The molecule has 3 aliphatic rings. The maximum Gasteiger partial charge on any atom is 0.410 e. The van der Waals surface area contributed by atoms with Gasteiger partial charge in [-0.15, -0.1) is 0 Å². The summed E-state index contributed by atoms with van der Waals surface area (Å²) in [4.78, 5) is 23.1. The number of amides is 1. The van der Waals surface area contributed by atoms with E-state index in [1.54, 1.807) is 17.3 Å². The number of anilines is 3. The lowest BCUT2D eigenvalue weighted by Crippen LogP contribution is -2.48. The number of pyridine rings is 2. The minimum Gasteiger partial charge on any atom is -0.444 e. The molecule has 2 aliphatic carbocycles. The number of aromatic nitrogens is 2. The van der Waals surface area contributed by atoms with Crippen LogP contribution < -0.4 is 10.6 Å². The van der Waals surface area contributed by atoms with Crippen LogP contribution >= 0.6 is 0 Å². The zero-order valence-electron chi connectivity index (χ0n) is 21.6. The summed E-state index contributed by atoms with van der Waals surface area (Å²) in [7, 11) is 0. The summed E-state index contributed by atoms with van der Waals surface area (Å²) in [5, 5.41) is 6.58. The number of piperidine rings is 1. The molecule has 8 heteroatoms. The Kier molecular flexibility index (Phi) is 6.79. The molecule has 2 unspecified atom stereocenters. The molecule has 2 aromatic heterocycles. The molecule has 1 amide bonds. The van der Waals surface area contributed by atoms with Crippen LogP contribution in [0.25, 0.3) is 0 Å². The zero-order valence-corrected chi connectivity index (χ0v) is 21.6. The van der Waals surface area contributed by atoms with Crippen molar-refractivity contribution in [2.75, 3.05) is 30.3 Å². The molecule has 7 nitrogen and oxygen atoms in total. The molecule has 2 fully saturated rings. The molecule has 3 heterocycles. The molecule has 0 aromatic carbocycles. The number of nitrogens with one attached hydrogen (secondary N) is 2. The van der Waals surface area contributed by atoms with Gasteiger partial charge in [-0.2, -0.15) is 0 Å². The predicted molar refractivity (Wildman–Crippen MR) is 140 cm³/mol. The number of rotatable bonds is 5. The van der Waals surface area contributed by atoms with Gasteiger partial charge in [0.1, 0.15) is 17.1 Å². The Bertz CT molecular complexity index is 1090. The van der Waals surface area contributed by atoms with Gasteiger partial charge in [-0.3, -0.25) is 4.98 Å². The molecule has 1 aliphatic heterocycles. The molecule has 2 N–H and O–H groups in total. The van der Waals surface area contributed by atoms with Crippen molar-refractivity contribution >= 4 is 23.3 Å². The van der Waals surface area contributed by atoms with E-state index in [0.717, 1.165) is 29.5 Å². The van der Waals surface area contributed by atoms with Crippen LogP contribution in [-0.2, 0) is 11.2 Å². The summed E-state index contributed by atoms with van der Waals surface area (Å²) < 4.78 is 20.9. The number of alkyl halides is 1. The highest BCUT2D eigenvalue weighted by Crippen LogP contribution is 2.46. The molecule has 2 atom stereocenters. The lowest BCUT2D eigenvalue weighted by Gasteiger charge is -2.37. The van der Waals surface area contributed by atoms with Crippen LogP contribution in [0.1, 0.15) is 76.5 Å². The normalized spacial score (nSPS) is 22.9. The first kappa shape index (κ1) is 24.8. The second kappa shape index (κ2) is 9.87. The average Bonchev–Trinajstić information content (AvgIpc) is 3.20. The molecule has 5 rings (SSSR count). The summed E-state index contributed by atoms with van der Waals surface area (Å²) >= 11 is 0. The summed E-state index contributed by atoms with van der Waals surface area (Å²) in [6.07, 6.45) is 9.98. The Morgan fingerprint density at radius 1 is 1.17 bits per heavy atom. The van der Waals surface area contributed by atoms with Crippen LogP contribution in [0.15, 0.2) is 30.6 Å². The fourth-order valence-electron chi connectivity index (χ4n) is 5.80. The van der Waals surface area contributed by atoms with Gasteiger partial charge in [-0.25, -0.2) is 14.2 Å². The summed E-state index contributed by atoms with van der Waals surface area (Å²) in [6.45, 7) is 6.36. The fraction of sp³-hybridized carbons (Fsp3) is 0.607. The zero-order chi connectivity index (χ0) is 25.3. The third kappa shape index (κ3) is 5.73. The van der Waals surface area contributed by atoms with Crippen LogP contribution in [0.2, 0.25) is 0 Å². The van der Waals surface area contributed by atoms with Gasteiger partial charge in [-0.05, 0) is 69.6 Å². The van der Waals surface area contributed by atoms with Crippen molar-refractivity contribution in [2.45, 2.75) is 82.9 Å². The quantitative estimate of drug-likeness (QED) is 0.514. The standard InChI is InChI=1S/C28H38FN5O2/c1-27(2,3)36-26(35)34-12-10-28(29,11-13-34)18-31-20-15-21(17-30-16-20)32-25-9-8-23-22-7-5-4-6-19(22)14-24(23)33-25/h8-9,15-17,19,22,31H,4-7,10-14,18H2,1-3H3,(H,32,33). The van der Waals surface area contributed by atoms with Gasteiger partial charge < -0.3 is 20.3 Å². The van der Waals surface area contributed by atoms with E-state index in [1.807, 2.05) is 26.8 Å². The summed E-state index contributed by atoms with van der Waals surface area (Å²) in [6, 6.07) is 6.23. The highest BCUT2D eigenvalue weighted by molar-refractivity contribution is 5.68. The lowest BCUT2D eigenvalue weighted by atomic mass is 9.80. The molecule has 0 radical (unpaired) electrons. The van der Waals surface area contributed by atoms with Crippen molar-refractivity contribution in [3.05, 3.63) is 41.9 Å². The van der Waals surface area contributed by atoms with Crippen LogP contribution in [0.5, 0.6) is 0 Å². The Labute approximate surface area is 213 Å². The number of carbonyl (C=O) groups is 1. The van der Waals surface area contributed by atoms with E-state index >= 15 is 4.39 Å². The number of ether oxygens (including phenoxy) is 1. The molecular weight excluding hydrogens is 457 g/mol. The number of carbonyl (C=O) groups excluding carboxylic acids is 1. The Hall–Kier alpha value is -2.90. The van der Waals surface area contributed by atoms with Crippen LogP contribution in [0.3, 0.4) is 0 Å². The number of fused-ring (bicyclic) bond motifs is 3. The molecule has 0 bridgehead atoms. The smallest absolute Gasteiger partial charge is 0.410 e. The second-order valence-electron chi connectivity index (χ2n) is 11.6. The molecule has 1 saturated carbocycles. The maximum atomic E-state index is 15.4. The SMILES string of the molecule is CC(C)(C)OC(=O)N1CCC(F)(CNc2cncc(Nc3ccc4c(n3)CC3CCCCC43)c2)CC1. The summed E-state index contributed by atoms with van der Waals surface area (Å²) in [5.41, 5.74) is 2.29. The number of likely N-dealkylation sites (tertiary alicyclic amines) is 1. The van der Waals surface area contributed by atoms with Gasteiger partial charge in [0, 0.05) is 38.2 Å². The van der Waals surface area contributed by atoms with Gasteiger partial charge in [0.05, 0.1) is 23.8 Å². The van der Waals surface area contributed by atoms with Gasteiger partial charge in [0.2, 0.25) is 0 Å². The maximum absolute atomic E-state index is 15.4. The Balaban J connectivity index is 1.15. The van der Waals surface area contributed by atoms with E-state index in [0.29, 0.717) is 19.0 Å². The molecule has 36 heavy (non-hydrogen) atoms. The average molecular weight is 496 g/mol. The predicted octanol–water partition coefficient (Wildman–Crippen LogP) is 6.20. The van der Waals surface area contributed by atoms with Gasteiger partial charge in [0.15, 0.2) is 0 Å². The topological polar surface area (TPSA) is 79.4 Å². The van der Waals surface area contributed by atoms with Crippen molar-refractivity contribution in [2.24, 2.45) is 5.92 Å². The van der Waals surface area contributed by atoms with E-state index in [4.69, 9.17) is 9.72 Å². The Morgan fingerprint density at radius 3 is 2.69 bits per heavy atom. The first-order valence-electron chi connectivity index (χ1n) is 13.3. The van der Waals surface area contributed by atoms with E-state index in [2.05, 4.69) is 27.8 Å². The van der Waals surface area contributed by atoms with Crippen LogP contribution in [0.4, 0.5) is 26.4 Å². The van der Waals surface area contributed by atoms with Crippen molar-refractivity contribution < 1.29 is 13.9 Å². The lowest BCUT2D eigenvalue weighted by molar-refractivity contribution is 0.00576. The first-order valence-corrected chi connectivity index (χ1v) is 13.3. The Morgan fingerprint density at radius 2 is 1.92 bits per heavy atom. The second-order valence-corrected chi connectivity index (χ2v) is 11.6. The van der Waals surface area contributed by atoms with Crippen molar-refractivity contribution in [1.29, 1.82) is 0 Å². The highest BCUT2D eigenvalue weighted by Gasteiger charge is 2.37. The molecule has 194 valence electrons. The van der Waals surface area contributed by atoms with Gasteiger partial charge in [-0.1, -0.05) is 18.9 Å². The first-order chi connectivity index (χ1) is 17.2. The largest absolute Gasteiger partial charge is 0.444 e. The van der Waals surface area contributed by atoms with Crippen molar-refractivity contribution in [3.8, 4) is 0 Å². The number of halogens is 1. The van der Waals surface area contributed by atoms with Crippen molar-refractivity contribution in [3.63, 3.8) is 0 Å². The number of hydrogen-bond donors (Lipinski definition) is 2. The van der Waals surface area contributed by atoms with Gasteiger partial charge in [0.25, 0.3) is 0 Å². The van der Waals surface area contributed by atoms with E-state index in [-0.39, 0.29) is 25.5 Å². The third-order valence-electron chi connectivity index (χ3n) is 7.70. The molecular formula is C28H38FN5O2. The van der Waals surface area contributed by atoms with Crippen LogP contribution in [-0.4, -0.2) is 51.9 Å². The highest BCUT2D eigenvalue weighted by atomic mass is 19.1. The minimum absolute atomic E-state index is 0.167. The molecule has 1 saturated heterocycles. The fourth-order valence-corrected chi connectivity index (χ4v) is 5.80. The monoisotopic (exact) mass is 495 g/mol. The molecule has 2 aromatic rings.